The zero-order valence-corrected chi connectivity index (χ0v) is 10.7. The summed E-state index contributed by atoms with van der Waals surface area (Å²) in [7, 11) is 0. The van der Waals surface area contributed by atoms with Gasteiger partial charge >= 0.3 is 0 Å². The summed E-state index contributed by atoms with van der Waals surface area (Å²) in [6, 6.07) is 8.71. The number of hydrogen-bond acceptors (Lipinski definition) is 1. The van der Waals surface area contributed by atoms with Gasteiger partial charge in [0.25, 0.3) is 0 Å². The maximum atomic E-state index is 13.7. The van der Waals surface area contributed by atoms with E-state index >= 15 is 0 Å². The Balaban J connectivity index is 2.30. The van der Waals surface area contributed by atoms with Crippen LogP contribution in [0.2, 0.25) is 5.02 Å². The minimum atomic E-state index is -0.242. The molecule has 3 heteroatoms. The summed E-state index contributed by atoms with van der Waals surface area (Å²) in [5.74, 6) is 0.529. The average molecular weight is 263 g/mol. The van der Waals surface area contributed by atoms with Gasteiger partial charge in [-0.1, -0.05) is 23.7 Å². The van der Waals surface area contributed by atoms with Crippen LogP contribution in [0.15, 0.2) is 30.3 Å². The Morgan fingerprint density at radius 1 is 1.28 bits per heavy atom. The van der Waals surface area contributed by atoms with Gasteiger partial charge in [0.05, 0.1) is 6.61 Å². The van der Waals surface area contributed by atoms with Crippen molar-refractivity contribution in [3.8, 4) is 16.9 Å². The van der Waals surface area contributed by atoms with E-state index in [1.54, 1.807) is 0 Å². The molecule has 0 aliphatic carbocycles. The Morgan fingerprint density at radius 3 is 2.89 bits per heavy atom. The number of hydrogen-bond donors (Lipinski definition) is 0. The highest BCUT2D eigenvalue weighted by molar-refractivity contribution is 6.33. The first-order valence-corrected chi connectivity index (χ1v) is 6.25. The third kappa shape index (κ3) is 1.77. The molecule has 0 N–H and O–H groups in total. The largest absolute Gasteiger partial charge is 0.492 e. The van der Waals surface area contributed by atoms with Gasteiger partial charge in [-0.2, -0.15) is 0 Å². The second-order valence-electron chi connectivity index (χ2n) is 4.47. The smallest absolute Gasteiger partial charge is 0.130 e. The monoisotopic (exact) mass is 262 g/mol. The van der Waals surface area contributed by atoms with Crippen molar-refractivity contribution in [2.24, 2.45) is 0 Å². The molecule has 0 atom stereocenters. The molecule has 0 saturated heterocycles. The van der Waals surface area contributed by atoms with Crippen LogP contribution in [-0.4, -0.2) is 6.61 Å². The van der Waals surface area contributed by atoms with Gasteiger partial charge in [0.2, 0.25) is 0 Å². The number of aryl methyl sites for hydroxylation is 1. The van der Waals surface area contributed by atoms with Crippen LogP contribution >= 0.6 is 11.6 Å². The molecule has 92 valence electrons. The molecule has 0 spiro atoms. The summed E-state index contributed by atoms with van der Waals surface area (Å²) in [4.78, 5) is 0. The van der Waals surface area contributed by atoms with E-state index < -0.39 is 0 Å². The van der Waals surface area contributed by atoms with Gasteiger partial charge in [-0.3, -0.25) is 0 Å². The van der Waals surface area contributed by atoms with Crippen molar-refractivity contribution in [1.29, 1.82) is 0 Å². The zero-order valence-electron chi connectivity index (χ0n) is 9.97. The first kappa shape index (κ1) is 11.5. The van der Waals surface area contributed by atoms with Gasteiger partial charge in [0, 0.05) is 28.1 Å². The van der Waals surface area contributed by atoms with E-state index in [1.165, 1.54) is 12.1 Å². The van der Waals surface area contributed by atoms with Crippen LogP contribution in [0.3, 0.4) is 0 Å². The fraction of sp³-hybridized carbons (Fsp3) is 0.200. The maximum absolute atomic E-state index is 13.7. The lowest BCUT2D eigenvalue weighted by Gasteiger charge is -2.12. The third-order valence-electron chi connectivity index (χ3n) is 3.24. The molecule has 1 heterocycles. The quantitative estimate of drug-likeness (QED) is 0.741. The summed E-state index contributed by atoms with van der Waals surface area (Å²) < 4.78 is 19.3. The number of benzene rings is 2. The number of rotatable bonds is 1. The Morgan fingerprint density at radius 2 is 2.11 bits per heavy atom. The first-order valence-electron chi connectivity index (χ1n) is 5.87. The highest BCUT2D eigenvalue weighted by Crippen LogP contribution is 2.41. The predicted molar refractivity (Wildman–Crippen MR) is 70.8 cm³/mol. The fourth-order valence-corrected chi connectivity index (χ4v) is 2.75. The van der Waals surface area contributed by atoms with Crippen molar-refractivity contribution >= 4 is 11.6 Å². The number of fused-ring (bicyclic) bond motifs is 1. The molecule has 2 aromatic rings. The van der Waals surface area contributed by atoms with E-state index in [4.69, 9.17) is 16.3 Å². The lowest BCUT2D eigenvalue weighted by molar-refractivity contribution is 0.358. The van der Waals surface area contributed by atoms with Crippen LogP contribution in [0.25, 0.3) is 11.1 Å². The van der Waals surface area contributed by atoms with Gasteiger partial charge in [0.15, 0.2) is 0 Å². The molecule has 1 nitrogen and oxygen atoms in total. The van der Waals surface area contributed by atoms with Gasteiger partial charge < -0.3 is 4.74 Å². The number of halogens is 2. The van der Waals surface area contributed by atoms with Crippen molar-refractivity contribution in [2.45, 2.75) is 13.3 Å². The van der Waals surface area contributed by atoms with Crippen LogP contribution < -0.4 is 4.74 Å². The van der Waals surface area contributed by atoms with Crippen molar-refractivity contribution in [3.63, 3.8) is 0 Å². The molecule has 1 aliphatic rings. The summed E-state index contributed by atoms with van der Waals surface area (Å²) in [5.41, 5.74) is 3.55. The van der Waals surface area contributed by atoms with Crippen LogP contribution in [0, 0.1) is 12.7 Å². The van der Waals surface area contributed by atoms with Gasteiger partial charge in [0.1, 0.15) is 11.6 Å². The maximum Gasteiger partial charge on any atom is 0.130 e. The van der Waals surface area contributed by atoms with E-state index in [2.05, 4.69) is 0 Å². The first-order chi connectivity index (χ1) is 8.66. The van der Waals surface area contributed by atoms with E-state index in [0.717, 1.165) is 34.4 Å². The lowest BCUT2D eigenvalue weighted by Crippen LogP contribution is -1.92. The van der Waals surface area contributed by atoms with Gasteiger partial charge in [-0.25, -0.2) is 4.39 Å². The average Bonchev–Trinajstić information content (AvgIpc) is 2.76. The molecule has 2 aromatic carbocycles. The molecule has 0 unspecified atom stereocenters. The van der Waals surface area contributed by atoms with Crippen LogP contribution in [0.1, 0.15) is 11.1 Å². The SMILES string of the molecule is Cc1cccc(Cl)c1-c1cc(F)cc2c1OCC2. The van der Waals surface area contributed by atoms with E-state index in [9.17, 15) is 4.39 Å². The van der Waals surface area contributed by atoms with E-state index in [-0.39, 0.29) is 5.82 Å². The van der Waals surface area contributed by atoms with Crippen molar-refractivity contribution in [3.05, 3.63) is 52.3 Å². The number of ether oxygens (including phenoxy) is 1. The summed E-state index contributed by atoms with van der Waals surface area (Å²) in [6.07, 6.45) is 0.754. The summed E-state index contributed by atoms with van der Waals surface area (Å²) in [6.45, 7) is 2.57. The molecule has 18 heavy (non-hydrogen) atoms. The van der Waals surface area contributed by atoms with Crippen molar-refractivity contribution in [1.82, 2.24) is 0 Å². The molecule has 0 aromatic heterocycles. The van der Waals surface area contributed by atoms with Crippen LogP contribution in [-0.2, 0) is 6.42 Å². The third-order valence-corrected chi connectivity index (χ3v) is 3.55. The van der Waals surface area contributed by atoms with Crippen molar-refractivity contribution in [2.75, 3.05) is 6.61 Å². The van der Waals surface area contributed by atoms with E-state index in [0.29, 0.717) is 11.6 Å². The molecule has 0 amide bonds. The summed E-state index contributed by atoms with van der Waals surface area (Å²) >= 11 is 6.24. The topological polar surface area (TPSA) is 9.23 Å². The molecule has 0 saturated carbocycles. The minimum Gasteiger partial charge on any atom is -0.492 e. The lowest BCUT2D eigenvalue weighted by atomic mass is 9.97. The highest BCUT2D eigenvalue weighted by atomic mass is 35.5. The second kappa shape index (κ2) is 4.29. The van der Waals surface area contributed by atoms with Crippen LogP contribution in [0.5, 0.6) is 5.75 Å². The molecule has 0 fully saturated rings. The van der Waals surface area contributed by atoms with Gasteiger partial charge in [-0.05, 0) is 30.7 Å². The highest BCUT2D eigenvalue weighted by Gasteiger charge is 2.21. The Kier molecular flexibility index (Phi) is 2.75. The fourth-order valence-electron chi connectivity index (χ4n) is 2.43. The normalized spacial score (nSPS) is 13.3. The molecule has 3 rings (SSSR count). The molecule has 0 bridgehead atoms. The molecule has 1 aliphatic heterocycles. The standard InChI is InChI=1S/C15H12ClFO/c1-9-3-2-4-13(16)14(9)12-8-11(17)7-10-5-6-18-15(10)12/h2-4,7-8H,5-6H2,1H3. The second-order valence-corrected chi connectivity index (χ2v) is 4.88. The molecular weight excluding hydrogens is 251 g/mol. The Hall–Kier alpha value is -1.54. The predicted octanol–water partition coefficient (Wildman–Crippen LogP) is 4.39. The minimum absolute atomic E-state index is 0.242. The Bertz CT molecular complexity index is 602. The Labute approximate surface area is 110 Å². The van der Waals surface area contributed by atoms with Gasteiger partial charge in [-0.15, -0.1) is 0 Å². The van der Waals surface area contributed by atoms with Crippen LogP contribution in [0.4, 0.5) is 4.39 Å². The molecule has 0 radical (unpaired) electrons. The van der Waals surface area contributed by atoms with E-state index in [1.807, 2.05) is 25.1 Å². The zero-order chi connectivity index (χ0) is 12.7. The van der Waals surface area contributed by atoms with Crippen molar-refractivity contribution < 1.29 is 9.13 Å². The molecular formula is C15H12ClFO. The summed E-state index contributed by atoms with van der Waals surface area (Å²) in [5, 5.41) is 0.623.